The Labute approximate surface area is 151 Å². The summed E-state index contributed by atoms with van der Waals surface area (Å²) in [7, 11) is -2.63. The molecule has 7 heteroatoms. The average molecular weight is 371 g/mol. The molecule has 0 unspecified atom stereocenters. The molecule has 0 fully saturated rings. The van der Waals surface area contributed by atoms with Crippen LogP contribution >= 0.6 is 0 Å². The number of rotatable bonds is 6. The van der Waals surface area contributed by atoms with Crippen molar-refractivity contribution in [3.8, 4) is 5.75 Å². The van der Waals surface area contributed by atoms with Crippen LogP contribution in [0.2, 0.25) is 0 Å². The van der Waals surface area contributed by atoms with Crippen LogP contribution in [-0.2, 0) is 15.4 Å². The van der Waals surface area contributed by atoms with Crippen LogP contribution in [0, 0.1) is 5.41 Å². The Bertz CT molecular complexity index is 719. The van der Waals surface area contributed by atoms with Crippen molar-refractivity contribution in [1.29, 1.82) is 0 Å². The largest absolute Gasteiger partial charge is 0.495 e. The number of hydrogen-bond donors (Lipinski definition) is 2. The number of hydrogen-bond acceptors (Lipinski definition) is 4. The number of benzene rings is 1. The molecule has 1 rings (SSSR count). The number of urea groups is 1. The second-order valence-corrected chi connectivity index (χ2v) is 9.60. The molecule has 6 nitrogen and oxygen atoms in total. The normalized spacial score (nSPS) is 12.6. The molecule has 0 atom stereocenters. The maximum atomic E-state index is 12.6. The van der Waals surface area contributed by atoms with Gasteiger partial charge in [0.2, 0.25) is 0 Å². The first-order valence-corrected chi connectivity index (χ1v) is 9.80. The molecule has 1 aromatic carbocycles. The molecule has 0 aliphatic carbocycles. The van der Waals surface area contributed by atoms with Crippen LogP contribution in [0.1, 0.15) is 53.5 Å². The second-order valence-electron chi connectivity index (χ2n) is 7.95. The maximum Gasteiger partial charge on any atom is 0.328 e. The van der Waals surface area contributed by atoms with Crippen molar-refractivity contribution in [3.63, 3.8) is 0 Å². The van der Waals surface area contributed by atoms with Crippen molar-refractivity contribution in [1.82, 2.24) is 10.0 Å². The van der Waals surface area contributed by atoms with Gasteiger partial charge >= 0.3 is 6.03 Å². The van der Waals surface area contributed by atoms with Crippen LogP contribution < -0.4 is 14.8 Å². The second kappa shape index (κ2) is 7.64. The first-order valence-electron chi connectivity index (χ1n) is 8.31. The summed E-state index contributed by atoms with van der Waals surface area (Å²) in [5, 5.41) is 2.41. The highest BCUT2D eigenvalue weighted by molar-refractivity contribution is 7.90. The minimum absolute atomic E-state index is 0.0410. The molecule has 0 radical (unpaired) electrons. The molecule has 142 valence electrons. The average Bonchev–Trinajstić information content (AvgIpc) is 2.43. The molecular weight excluding hydrogens is 340 g/mol. The van der Waals surface area contributed by atoms with E-state index in [-0.39, 0.29) is 21.5 Å². The summed E-state index contributed by atoms with van der Waals surface area (Å²) < 4.78 is 32.4. The summed E-state index contributed by atoms with van der Waals surface area (Å²) in [5.41, 5.74) is 0.724. The Morgan fingerprint density at radius 1 is 1.16 bits per heavy atom. The molecule has 25 heavy (non-hydrogen) atoms. The van der Waals surface area contributed by atoms with Crippen LogP contribution in [0.15, 0.2) is 23.1 Å². The van der Waals surface area contributed by atoms with E-state index in [0.717, 1.165) is 12.0 Å². The zero-order chi connectivity index (χ0) is 19.5. The third kappa shape index (κ3) is 5.92. The van der Waals surface area contributed by atoms with E-state index < -0.39 is 16.1 Å². The predicted molar refractivity (Wildman–Crippen MR) is 99.5 cm³/mol. The fraction of sp³-hybridized carbons (Fsp3) is 0.611. The summed E-state index contributed by atoms with van der Waals surface area (Å²) >= 11 is 0. The van der Waals surface area contributed by atoms with E-state index in [0.29, 0.717) is 6.54 Å². The molecule has 1 aromatic rings. The maximum absolute atomic E-state index is 12.6. The van der Waals surface area contributed by atoms with Gasteiger partial charge < -0.3 is 10.1 Å². The number of sulfonamides is 1. The number of carbonyl (C=O) groups is 1. The fourth-order valence-electron chi connectivity index (χ4n) is 3.11. The fourth-order valence-corrected chi connectivity index (χ4v) is 4.23. The molecule has 2 N–H and O–H groups in total. The van der Waals surface area contributed by atoms with Crippen molar-refractivity contribution >= 4 is 16.1 Å². The predicted octanol–water partition coefficient (Wildman–Crippen LogP) is 3.42. The monoisotopic (exact) mass is 370 g/mol. The van der Waals surface area contributed by atoms with E-state index in [1.165, 1.54) is 7.11 Å². The Balaban J connectivity index is 3.34. The number of carbonyl (C=O) groups excluding carboxylic acids is 1. The molecule has 0 aliphatic heterocycles. The highest BCUT2D eigenvalue weighted by atomic mass is 32.2. The third-order valence-corrected chi connectivity index (χ3v) is 5.12. The lowest BCUT2D eigenvalue weighted by atomic mass is 9.72. The van der Waals surface area contributed by atoms with Crippen molar-refractivity contribution < 1.29 is 17.9 Å². The quantitative estimate of drug-likeness (QED) is 0.803. The summed E-state index contributed by atoms with van der Waals surface area (Å²) in [6.45, 7) is 12.6. The molecule has 0 aliphatic rings. The van der Waals surface area contributed by atoms with Crippen LogP contribution in [0.5, 0.6) is 5.75 Å². The molecular formula is C18H30N2O4S. The number of amides is 2. The van der Waals surface area contributed by atoms with Gasteiger partial charge in [-0.15, -0.1) is 0 Å². The van der Waals surface area contributed by atoms with Gasteiger partial charge in [-0.3, -0.25) is 0 Å². The van der Waals surface area contributed by atoms with E-state index in [2.05, 4.69) is 39.9 Å². The van der Waals surface area contributed by atoms with Crippen molar-refractivity contribution in [2.45, 2.75) is 58.3 Å². The first kappa shape index (κ1) is 21.3. The van der Waals surface area contributed by atoms with Gasteiger partial charge in [0.25, 0.3) is 10.0 Å². The van der Waals surface area contributed by atoms with Gasteiger partial charge in [0, 0.05) is 6.54 Å². The molecule has 0 saturated heterocycles. The lowest BCUT2D eigenvalue weighted by Gasteiger charge is -2.33. The molecule has 0 aromatic heterocycles. The Kier molecular flexibility index (Phi) is 6.50. The summed E-state index contributed by atoms with van der Waals surface area (Å²) in [5.74, 6) is 0.201. The van der Waals surface area contributed by atoms with Gasteiger partial charge in [-0.25, -0.2) is 17.9 Å². The van der Waals surface area contributed by atoms with E-state index in [1.807, 2.05) is 10.8 Å². The molecule has 0 bridgehead atoms. The van der Waals surface area contributed by atoms with Gasteiger partial charge in [0.05, 0.1) is 7.11 Å². The topological polar surface area (TPSA) is 84.5 Å². The van der Waals surface area contributed by atoms with Crippen molar-refractivity contribution in [3.05, 3.63) is 23.8 Å². The van der Waals surface area contributed by atoms with Crippen LogP contribution in [0.4, 0.5) is 4.79 Å². The summed E-state index contributed by atoms with van der Waals surface area (Å²) in [4.78, 5) is 11.6. The standard InChI is InChI=1S/C18H30N2O4S/c1-8-19-16(21)20-25(22,23)15-11-13(9-10-14(15)24-7)18(5,6)12-17(2,3)4/h9-11H,8,12H2,1-7H3,(H2,19,20,21). The minimum Gasteiger partial charge on any atom is -0.495 e. The van der Waals surface area contributed by atoms with E-state index in [1.54, 1.807) is 19.1 Å². The molecule has 0 spiro atoms. The van der Waals surface area contributed by atoms with Gasteiger partial charge in [0.15, 0.2) is 0 Å². The highest BCUT2D eigenvalue weighted by Gasteiger charge is 2.30. The molecule has 0 saturated carbocycles. The Morgan fingerprint density at radius 3 is 2.24 bits per heavy atom. The molecule has 0 heterocycles. The Morgan fingerprint density at radius 2 is 1.76 bits per heavy atom. The lowest BCUT2D eigenvalue weighted by Crippen LogP contribution is -2.39. The van der Waals surface area contributed by atoms with Crippen LogP contribution in [-0.4, -0.2) is 28.1 Å². The number of nitrogens with one attached hydrogen (secondary N) is 2. The van der Waals surface area contributed by atoms with Gasteiger partial charge in [-0.05, 0) is 41.9 Å². The summed E-state index contributed by atoms with van der Waals surface area (Å²) in [6, 6.07) is 4.33. The van der Waals surface area contributed by atoms with Crippen LogP contribution in [0.3, 0.4) is 0 Å². The smallest absolute Gasteiger partial charge is 0.328 e. The highest BCUT2D eigenvalue weighted by Crippen LogP contribution is 2.38. The summed E-state index contributed by atoms with van der Waals surface area (Å²) in [6.07, 6.45) is 0.871. The van der Waals surface area contributed by atoms with Crippen molar-refractivity contribution in [2.24, 2.45) is 5.41 Å². The van der Waals surface area contributed by atoms with Crippen molar-refractivity contribution in [2.75, 3.05) is 13.7 Å². The van der Waals surface area contributed by atoms with Gasteiger partial charge in [0.1, 0.15) is 10.6 Å². The minimum atomic E-state index is -4.04. The van der Waals surface area contributed by atoms with E-state index >= 15 is 0 Å². The van der Waals surface area contributed by atoms with E-state index in [9.17, 15) is 13.2 Å². The van der Waals surface area contributed by atoms with Crippen LogP contribution in [0.25, 0.3) is 0 Å². The van der Waals surface area contributed by atoms with Gasteiger partial charge in [-0.2, -0.15) is 0 Å². The molecule has 2 amide bonds. The first-order chi connectivity index (χ1) is 11.3. The van der Waals surface area contributed by atoms with Gasteiger partial charge in [-0.1, -0.05) is 40.7 Å². The Hall–Kier alpha value is -1.76. The van der Waals surface area contributed by atoms with E-state index in [4.69, 9.17) is 4.74 Å². The lowest BCUT2D eigenvalue weighted by molar-refractivity contribution is 0.246. The third-order valence-electron chi connectivity index (χ3n) is 3.77. The zero-order valence-corrected chi connectivity index (χ0v) is 17.0. The number of methoxy groups -OCH3 is 1. The SMILES string of the molecule is CCNC(=O)NS(=O)(=O)c1cc(C(C)(C)CC(C)(C)C)ccc1OC. The zero-order valence-electron chi connectivity index (χ0n) is 16.2. The number of ether oxygens (including phenoxy) is 1.